The van der Waals surface area contributed by atoms with Crippen LogP contribution in [0.4, 0.5) is 4.39 Å². The van der Waals surface area contributed by atoms with Crippen molar-refractivity contribution in [1.29, 1.82) is 0 Å². The lowest BCUT2D eigenvalue weighted by Gasteiger charge is -2.37. The molecule has 0 N–H and O–H groups in total. The van der Waals surface area contributed by atoms with Crippen LogP contribution in [-0.4, -0.2) is 47.9 Å². The molecule has 1 aliphatic heterocycles. The molecule has 2 heterocycles. The van der Waals surface area contributed by atoms with Gasteiger partial charge in [0.2, 0.25) is 5.91 Å². The number of ether oxygens (including phenoxy) is 1. The molecule has 1 aliphatic rings. The second-order valence-electron chi connectivity index (χ2n) is 9.29. The first-order valence-electron chi connectivity index (χ1n) is 11.9. The van der Waals surface area contributed by atoms with Crippen LogP contribution in [0, 0.1) is 18.7 Å². The van der Waals surface area contributed by atoms with Crippen LogP contribution >= 0.6 is 11.3 Å². The van der Waals surface area contributed by atoms with E-state index in [-0.39, 0.29) is 30.0 Å². The number of aryl methyl sites for hydroxylation is 1. The molecule has 1 aromatic heterocycles. The Morgan fingerprint density at radius 3 is 2.63 bits per heavy atom. The molecular formula is C28H31FN2O3S. The molecule has 2 amide bonds. The molecule has 2 aromatic carbocycles. The normalized spacial score (nSPS) is 15.1. The first kappa shape index (κ1) is 24.9. The van der Waals surface area contributed by atoms with Crippen molar-refractivity contribution in [2.75, 3.05) is 26.2 Å². The molecule has 184 valence electrons. The highest BCUT2D eigenvalue weighted by Crippen LogP contribution is 2.34. The van der Waals surface area contributed by atoms with E-state index in [4.69, 9.17) is 4.74 Å². The van der Waals surface area contributed by atoms with E-state index < -0.39 is 11.7 Å². The molecule has 4 rings (SSSR count). The first-order valence-corrected chi connectivity index (χ1v) is 12.8. The molecular weight excluding hydrogens is 463 g/mol. The number of amides is 2. The largest absolute Gasteiger partial charge is 0.491 e. The summed E-state index contributed by atoms with van der Waals surface area (Å²) in [6, 6.07) is 15.5. The number of hydrogen-bond donors (Lipinski definition) is 0. The van der Waals surface area contributed by atoms with E-state index in [9.17, 15) is 14.0 Å². The summed E-state index contributed by atoms with van der Waals surface area (Å²) in [6.07, 6.45) is 0.769. The van der Waals surface area contributed by atoms with Gasteiger partial charge >= 0.3 is 0 Å². The monoisotopic (exact) mass is 494 g/mol. The van der Waals surface area contributed by atoms with Crippen LogP contribution in [-0.2, 0) is 11.2 Å². The highest BCUT2D eigenvalue weighted by molar-refractivity contribution is 7.10. The zero-order valence-electron chi connectivity index (χ0n) is 20.4. The fourth-order valence-corrected chi connectivity index (χ4v) is 5.41. The van der Waals surface area contributed by atoms with Crippen molar-refractivity contribution < 1.29 is 18.7 Å². The molecule has 35 heavy (non-hydrogen) atoms. The summed E-state index contributed by atoms with van der Waals surface area (Å²) in [7, 11) is 0. The number of halogens is 1. The third-order valence-corrected chi connectivity index (χ3v) is 7.21. The van der Waals surface area contributed by atoms with Crippen LogP contribution in [0.3, 0.4) is 0 Å². The Balaban J connectivity index is 1.55. The second kappa shape index (κ2) is 11.0. The number of carbonyl (C=O) groups is 2. The molecule has 1 atom stereocenters. The van der Waals surface area contributed by atoms with Crippen LogP contribution < -0.4 is 4.74 Å². The average molecular weight is 495 g/mol. The minimum atomic E-state index is -0.580. The zero-order valence-corrected chi connectivity index (χ0v) is 21.2. The SMILES string of the molecule is Cc1ccccc1OCC1c2ccsc2CCN1C(=O)CN(CC(C)C)C(=O)c1ccccc1F. The Morgan fingerprint density at radius 1 is 1.14 bits per heavy atom. The molecule has 0 bridgehead atoms. The third-order valence-electron chi connectivity index (χ3n) is 6.21. The number of benzene rings is 2. The molecule has 0 spiro atoms. The van der Waals surface area contributed by atoms with Crippen LogP contribution in [0.5, 0.6) is 5.75 Å². The van der Waals surface area contributed by atoms with Gasteiger partial charge in [0.05, 0.1) is 11.6 Å². The maximum atomic E-state index is 14.4. The Labute approximate surface area is 210 Å². The van der Waals surface area contributed by atoms with Crippen molar-refractivity contribution in [3.63, 3.8) is 0 Å². The zero-order chi connectivity index (χ0) is 24.9. The van der Waals surface area contributed by atoms with Gasteiger partial charge in [-0.1, -0.05) is 44.2 Å². The lowest BCUT2D eigenvalue weighted by molar-refractivity contribution is -0.135. The van der Waals surface area contributed by atoms with Crippen LogP contribution in [0.1, 0.15) is 46.3 Å². The fraction of sp³-hybridized carbons (Fsp3) is 0.357. The van der Waals surface area contributed by atoms with Crippen molar-refractivity contribution in [2.45, 2.75) is 33.2 Å². The number of rotatable bonds is 8. The maximum absolute atomic E-state index is 14.4. The van der Waals surface area contributed by atoms with E-state index in [2.05, 4.69) is 6.07 Å². The summed E-state index contributed by atoms with van der Waals surface area (Å²) >= 11 is 1.69. The average Bonchev–Trinajstić information content (AvgIpc) is 3.32. The topological polar surface area (TPSA) is 49.9 Å². The number of fused-ring (bicyclic) bond motifs is 1. The molecule has 0 saturated carbocycles. The lowest BCUT2D eigenvalue weighted by atomic mass is 10.00. The van der Waals surface area contributed by atoms with Gasteiger partial charge in [-0.3, -0.25) is 9.59 Å². The lowest BCUT2D eigenvalue weighted by Crippen LogP contribution is -2.48. The molecule has 1 unspecified atom stereocenters. The van der Waals surface area contributed by atoms with Gasteiger partial charge in [-0.05, 0) is 60.0 Å². The van der Waals surface area contributed by atoms with Crippen molar-refractivity contribution in [2.24, 2.45) is 5.92 Å². The molecule has 0 aliphatic carbocycles. The summed E-state index contributed by atoms with van der Waals surface area (Å²) in [5, 5.41) is 2.05. The first-order chi connectivity index (χ1) is 16.8. The number of thiophene rings is 1. The molecule has 0 saturated heterocycles. The highest BCUT2D eigenvalue weighted by Gasteiger charge is 2.34. The summed E-state index contributed by atoms with van der Waals surface area (Å²) in [5.74, 6) is -0.289. The van der Waals surface area contributed by atoms with E-state index in [1.54, 1.807) is 23.5 Å². The summed E-state index contributed by atoms with van der Waals surface area (Å²) < 4.78 is 20.5. The smallest absolute Gasteiger partial charge is 0.257 e. The Bertz CT molecular complexity index is 1190. The van der Waals surface area contributed by atoms with E-state index in [1.165, 1.54) is 21.9 Å². The van der Waals surface area contributed by atoms with Crippen molar-refractivity contribution in [3.8, 4) is 5.75 Å². The van der Waals surface area contributed by atoms with Gasteiger partial charge in [-0.15, -0.1) is 11.3 Å². The summed E-state index contributed by atoms with van der Waals surface area (Å²) in [5.41, 5.74) is 2.11. The van der Waals surface area contributed by atoms with Crippen LogP contribution in [0.2, 0.25) is 0 Å². The summed E-state index contributed by atoms with van der Waals surface area (Å²) in [6.45, 7) is 7.08. The van der Waals surface area contributed by atoms with Crippen molar-refractivity contribution in [3.05, 3.63) is 87.4 Å². The molecule has 0 fully saturated rings. The number of hydrogen-bond acceptors (Lipinski definition) is 4. The van der Waals surface area contributed by atoms with Crippen LogP contribution in [0.15, 0.2) is 60.0 Å². The van der Waals surface area contributed by atoms with Gasteiger partial charge in [-0.2, -0.15) is 0 Å². The predicted octanol–water partition coefficient (Wildman–Crippen LogP) is 5.50. The third kappa shape index (κ3) is 5.73. The van der Waals surface area contributed by atoms with Crippen LogP contribution in [0.25, 0.3) is 0 Å². The van der Waals surface area contributed by atoms with Gasteiger partial charge in [0.15, 0.2) is 0 Å². The van der Waals surface area contributed by atoms with Gasteiger partial charge in [0.25, 0.3) is 5.91 Å². The predicted molar refractivity (Wildman–Crippen MR) is 136 cm³/mol. The van der Waals surface area contributed by atoms with Crippen molar-refractivity contribution >= 4 is 23.2 Å². The van der Waals surface area contributed by atoms with Gasteiger partial charge in [-0.25, -0.2) is 4.39 Å². The van der Waals surface area contributed by atoms with E-state index >= 15 is 0 Å². The molecule has 3 aromatic rings. The Morgan fingerprint density at radius 2 is 1.89 bits per heavy atom. The minimum absolute atomic E-state index is 0.0147. The number of carbonyl (C=O) groups excluding carboxylic acids is 2. The van der Waals surface area contributed by atoms with Crippen molar-refractivity contribution in [1.82, 2.24) is 9.80 Å². The van der Waals surface area contributed by atoms with E-state index in [0.29, 0.717) is 19.7 Å². The molecule has 0 radical (unpaired) electrons. The maximum Gasteiger partial charge on any atom is 0.257 e. The standard InChI is InChI=1S/C28H31FN2O3S/c1-19(2)16-30(28(33)21-9-5-6-10-23(21)29)17-27(32)31-14-12-26-22(13-15-35-26)24(31)18-34-25-11-7-4-8-20(25)3/h4-11,13,15,19,24H,12,14,16-18H2,1-3H3. The Hall–Kier alpha value is -3.19. The fourth-order valence-electron chi connectivity index (χ4n) is 4.48. The molecule has 7 heteroatoms. The van der Waals surface area contributed by atoms with E-state index in [1.807, 2.05) is 55.3 Å². The molecule has 5 nitrogen and oxygen atoms in total. The van der Waals surface area contributed by atoms with E-state index in [0.717, 1.165) is 23.3 Å². The summed E-state index contributed by atoms with van der Waals surface area (Å²) in [4.78, 5) is 31.4. The van der Waals surface area contributed by atoms with Gasteiger partial charge in [0, 0.05) is 18.0 Å². The van der Waals surface area contributed by atoms with Gasteiger partial charge < -0.3 is 14.5 Å². The second-order valence-corrected chi connectivity index (χ2v) is 10.3. The quantitative estimate of drug-likeness (QED) is 0.416. The Kier molecular flexibility index (Phi) is 7.86. The number of nitrogens with zero attached hydrogens (tertiary/aromatic N) is 2. The minimum Gasteiger partial charge on any atom is -0.491 e. The number of para-hydroxylation sites is 1. The highest BCUT2D eigenvalue weighted by atomic mass is 32.1. The van der Waals surface area contributed by atoms with Gasteiger partial charge in [0.1, 0.15) is 24.7 Å².